The van der Waals surface area contributed by atoms with Crippen molar-refractivity contribution in [3.63, 3.8) is 0 Å². The van der Waals surface area contributed by atoms with E-state index in [-0.39, 0.29) is 5.41 Å². The summed E-state index contributed by atoms with van der Waals surface area (Å²) in [7, 11) is 0. The smallest absolute Gasteiger partial charge is 0.118 e. The largest absolute Gasteiger partial charge is 0.330 e. The summed E-state index contributed by atoms with van der Waals surface area (Å²) in [5.74, 6) is 1.10. The van der Waals surface area contributed by atoms with E-state index in [1.54, 1.807) is 0 Å². The first kappa shape index (κ1) is 11.1. The molecule has 0 bridgehead atoms. The third-order valence-corrected chi connectivity index (χ3v) is 2.70. The Hall–Kier alpha value is -1.35. The van der Waals surface area contributed by atoms with Gasteiger partial charge in [0, 0.05) is 11.6 Å². The predicted octanol–water partition coefficient (Wildman–Crippen LogP) is 2.13. The summed E-state index contributed by atoms with van der Waals surface area (Å²) in [6.07, 6.45) is 4.95. The van der Waals surface area contributed by atoms with Gasteiger partial charge < -0.3 is 10.1 Å². The van der Waals surface area contributed by atoms with E-state index in [4.69, 9.17) is 5.73 Å². The van der Waals surface area contributed by atoms with Crippen molar-refractivity contribution in [2.24, 2.45) is 5.73 Å². The Morgan fingerprint density at radius 1 is 1.38 bits per heavy atom. The molecule has 0 aliphatic heterocycles. The minimum Gasteiger partial charge on any atom is -0.330 e. The number of aromatic nitrogens is 2. The number of imidazole rings is 1. The van der Waals surface area contributed by atoms with Crippen molar-refractivity contribution in [1.29, 1.82) is 0 Å². The van der Waals surface area contributed by atoms with Crippen LogP contribution < -0.4 is 5.73 Å². The highest BCUT2D eigenvalue weighted by Gasteiger charge is 2.19. The van der Waals surface area contributed by atoms with Crippen LogP contribution >= 0.6 is 0 Å². The van der Waals surface area contributed by atoms with Crippen LogP contribution in [0, 0.1) is 0 Å². The van der Waals surface area contributed by atoms with E-state index in [9.17, 15) is 0 Å². The molecule has 16 heavy (non-hydrogen) atoms. The fraction of sp³-hybridized carbons (Fsp3) is 0.462. The lowest BCUT2D eigenvalue weighted by Gasteiger charge is -2.16. The van der Waals surface area contributed by atoms with E-state index in [0.717, 1.165) is 17.8 Å². The van der Waals surface area contributed by atoms with Crippen LogP contribution in [0.25, 0.3) is 5.52 Å². The summed E-state index contributed by atoms with van der Waals surface area (Å²) in [4.78, 5) is 4.50. The lowest BCUT2D eigenvalue weighted by atomic mass is 9.96. The Morgan fingerprint density at radius 2 is 2.12 bits per heavy atom. The second-order valence-corrected chi connectivity index (χ2v) is 5.20. The molecule has 2 aromatic rings. The monoisotopic (exact) mass is 217 g/mol. The van der Waals surface area contributed by atoms with E-state index in [2.05, 4.69) is 48.5 Å². The number of fused-ring (bicyclic) bond motifs is 1. The molecule has 0 aliphatic rings. The van der Waals surface area contributed by atoms with Crippen LogP contribution in [0.1, 0.15) is 32.2 Å². The molecule has 0 amide bonds. The van der Waals surface area contributed by atoms with Gasteiger partial charge in [-0.3, -0.25) is 0 Å². The van der Waals surface area contributed by atoms with Crippen LogP contribution in [-0.2, 0) is 11.8 Å². The van der Waals surface area contributed by atoms with Gasteiger partial charge in [-0.2, -0.15) is 0 Å². The molecule has 0 radical (unpaired) electrons. The maximum absolute atomic E-state index is 5.56. The molecule has 0 fully saturated rings. The molecule has 0 unspecified atom stereocenters. The molecular formula is C13H19N3. The number of rotatable bonds is 2. The summed E-state index contributed by atoms with van der Waals surface area (Å²) in [6.45, 7) is 7.22. The van der Waals surface area contributed by atoms with Crippen LogP contribution in [-0.4, -0.2) is 15.9 Å². The van der Waals surface area contributed by atoms with Crippen molar-refractivity contribution in [3.8, 4) is 0 Å². The minimum absolute atomic E-state index is 0.0712. The van der Waals surface area contributed by atoms with Gasteiger partial charge in [-0.25, -0.2) is 4.98 Å². The zero-order chi connectivity index (χ0) is 11.8. The van der Waals surface area contributed by atoms with Crippen molar-refractivity contribution in [2.45, 2.75) is 32.6 Å². The normalized spacial score (nSPS) is 12.2. The molecule has 0 saturated heterocycles. The molecule has 2 heterocycles. The fourth-order valence-electron chi connectivity index (χ4n) is 1.92. The Labute approximate surface area is 96.3 Å². The van der Waals surface area contributed by atoms with Crippen LogP contribution in [0.5, 0.6) is 0 Å². The zero-order valence-corrected chi connectivity index (χ0v) is 10.2. The van der Waals surface area contributed by atoms with Gasteiger partial charge in [0.25, 0.3) is 0 Å². The quantitative estimate of drug-likeness (QED) is 0.837. The topological polar surface area (TPSA) is 43.3 Å². The van der Waals surface area contributed by atoms with Gasteiger partial charge in [-0.05, 0) is 30.7 Å². The molecule has 2 rings (SSSR count). The van der Waals surface area contributed by atoms with E-state index < -0.39 is 0 Å². The lowest BCUT2D eigenvalue weighted by Crippen LogP contribution is -2.15. The van der Waals surface area contributed by atoms with Gasteiger partial charge in [0.15, 0.2) is 0 Å². The average Bonchev–Trinajstić information content (AvgIpc) is 2.60. The second-order valence-electron chi connectivity index (χ2n) is 5.20. The van der Waals surface area contributed by atoms with E-state index in [1.165, 1.54) is 5.56 Å². The SMILES string of the molecule is CC(C)(C)c1ncc2cc(CCN)ccn12. The van der Waals surface area contributed by atoms with Gasteiger partial charge in [0.05, 0.1) is 11.7 Å². The minimum atomic E-state index is 0.0712. The van der Waals surface area contributed by atoms with Gasteiger partial charge in [-0.15, -0.1) is 0 Å². The Balaban J connectivity index is 2.51. The first-order valence-corrected chi connectivity index (χ1v) is 5.69. The number of nitrogens with zero attached hydrogens (tertiary/aromatic N) is 2. The standard InChI is InChI=1S/C13H19N3/c1-13(2,3)12-15-9-11-8-10(4-6-14)5-7-16(11)12/h5,7-9H,4,6,14H2,1-3H3. The van der Waals surface area contributed by atoms with Crippen LogP contribution in [0.3, 0.4) is 0 Å². The molecule has 0 aromatic carbocycles. The number of hydrogen-bond donors (Lipinski definition) is 1. The third kappa shape index (κ3) is 1.95. The third-order valence-electron chi connectivity index (χ3n) is 2.70. The summed E-state index contributed by atoms with van der Waals surface area (Å²) in [5.41, 5.74) is 8.05. The summed E-state index contributed by atoms with van der Waals surface area (Å²) >= 11 is 0. The van der Waals surface area contributed by atoms with Crippen molar-refractivity contribution in [2.75, 3.05) is 6.54 Å². The highest BCUT2D eigenvalue weighted by Crippen LogP contribution is 2.22. The fourth-order valence-corrected chi connectivity index (χ4v) is 1.92. The Kier molecular flexibility index (Phi) is 2.72. The van der Waals surface area contributed by atoms with E-state index in [1.807, 2.05) is 6.20 Å². The van der Waals surface area contributed by atoms with Crippen molar-refractivity contribution in [1.82, 2.24) is 9.38 Å². The maximum atomic E-state index is 5.56. The first-order valence-electron chi connectivity index (χ1n) is 5.69. The molecule has 0 saturated carbocycles. The zero-order valence-electron chi connectivity index (χ0n) is 10.2. The molecule has 3 heteroatoms. The van der Waals surface area contributed by atoms with E-state index in [0.29, 0.717) is 6.54 Å². The van der Waals surface area contributed by atoms with Crippen LogP contribution in [0.2, 0.25) is 0 Å². The van der Waals surface area contributed by atoms with Crippen molar-refractivity contribution < 1.29 is 0 Å². The molecule has 0 aliphatic carbocycles. The summed E-state index contributed by atoms with van der Waals surface area (Å²) in [5, 5.41) is 0. The number of pyridine rings is 1. The molecule has 3 nitrogen and oxygen atoms in total. The molecule has 0 atom stereocenters. The Morgan fingerprint density at radius 3 is 2.75 bits per heavy atom. The van der Waals surface area contributed by atoms with Gasteiger partial charge in [0.2, 0.25) is 0 Å². The first-order chi connectivity index (χ1) is 7.52. The van der Waals surface area contributed by atoms with Gasteiger partial charge >= 0.3 is 0 Å². The second kappa shape index (κ2) is 3.91. The Bertz CT molecular complexity index is 491. The molecular weight excluding hydrogens is 198 g/mol. The van der Waals surface area contributed by atoms with E-state index >= 15 is 0 Å². The summed E-state index contributed by atoms with van der Waals surface area (Å²) < 4.78 is 2.15. The number of nitrogens with two attached hydrogens (primary N) is 1. The van der Waals surface area contributed by atoms with Crippen LogP contribution in [0.4, 0.5) is 0 Å². The number of hydrogen-bond acceptors (Lipinski definition) is 2. The molecule has 86 valence electrons. The van der Waals surface area contributed by atoms with Crippen molar-refractivity contribution in [3.05, 3.63) is 35.9 Å². The van der Waals surface area contributed by atoms with Crippen molar-refractivity contribution >= 4 is 5.52 Å². The van der Waals surface area contributed by atoms with Gasteiger partial charge in [-0.1, -0.05) is 20.8 Å². The average molecular weight is 217 g/mol. The predicted molar refractivity (Wildman–Crippen MR) is 66.7 cm³/mol. The maximum Gasteiger partial charge on any atom is 0.118 e. The molecule has 2 aromatic heterocycles. The van der Waals surface area contributed by atoms with Crippen LogP contribution in [0.15, 0.2) is 24.5 Å². The highest BCUT2D eigenvalue weighted by atomic mass is 15.0. The highest BCUT2D eigenvalue weighted by molar-refractivity contribution is 5.49. The summed E-state index contributed by atoms with van der Waals surface area (Å²) in [6, 6.07) is 4.28. The van der Waals surface area contributed by atoms with Gasteiger partial charge in [0.1, 0.15) is 5.82 Å². The molecule has 2 N–H and O–H groups in total. The lowest BCUT2D eigenvalue weighted by molar-refractivity contribution is 0.543. The molecule has 0 spiro atoms.